The van der Waals surface area contributed by atoms with Gasteiger partial charge in [0.2, 0.25) is 5.71 Å². The Kier molecular flexibility index (Phi) is 2.24. The molecule has 0 saturated heterocycles. The monoisotopic (exact) mass is 224 g/mol. The van der Waals surface area contributed by atoms with Gasteiger partial charge in [0.15, 0.2) is 0 Å². The van der Waals surface area contributed by atoms with Crippen molar-refractivity contribution in [3.8, 4) is 0 Å². The van der Waals surface area contributed by atoms with Gasteiger partial charge in [0.1, 0.15) is 5.39 Å². The zero-order valence-corrected chi connectivity index (χ0v) is 8.23. The maximum absolute atomic E-state index is 11.5. The third kappa shape index (κ3) is 1.57. The smallest absolute Gasteiger partial charge is 0.337 e. The molecule has 3 N–H and O–H groups in total. The summed E-state index contributed by atoms with van der Waals surface area (Å²) in [6.45, 7) is 1.40. The van der Waals surface area contributed by atoms with Gasteiger partial charge >= 0.3 is 11.3 Å². The van der Waals surface area contributed by atoms with Crippen molar-refractivity contribution < 1.29 is 9.52 Å². The molecule has 0 fully saturated rings. The number of aromatic nitrogens is 2. The number of nitrogens with one attached hydrogen (secondary N) is 2. The molecule has 1 unspecified atom stereocenters. The van der Waals surface area contributed by atoms with Gasteiger partial charge in [-0.05, 0) is 6.92 Å². The molecular weight excluding hydrogens is 216 g/mol. The Morgan fingerprint density at radius 2 is 2.00 bits per heavy atom. The van der Waals surface area contributed by atoms with Gasteiger partial charge in [0.25, 0.3) is 5.56 Å². The van der Waals surface area contributed by atoms with E-state index >= 15 is 0 Å². The van der Waals surface area contributed by atoms with E-state index < -0.39 is 23.0 Å². The standard InChI is InChI=1S/C9H8N2O5/c1-3(12)4-2-5(13)16-8-6(4)7(14)10-9(15)11-8/h2-3,12H,1H3,(H2,10,11,14,15). The highest BCUT2D eigenvalue weighted by atomic mass is 16.4. The van der Waals surface area contributed by atoms with Crippen molar-refractivity contribution in [2.24, 2.45) is 0 Å². The Hall–Kier alpha value is -2.15. The Labute approximate surface area is 87.4 Å². The summed E-state index contributed by atoms with van der Waals surface area (Å²) in [4.78, 5) is 37.7. The van der Waals surface area contributed by atoms with Crippen LogP contribution in [0.3, 0.4) is 0 Å². The highest BCUT2D eigenvalue weighted by molar-refractivity contribution is 5.75. The minimum atomic E-state index is -1.02. The van der Waals surface area contributed by atoms with Crippen LogP contribution in [0.25, 0.3) is 11.1 Å². The van der Waals surface area contributed by atoms with Crippen molar-refractivity contribution in [2.45, 2.75) is 13.0 Å². The number of hydrogen-bond donors (Lipinski definition) is 3. The lowest BCUT2D eigenvalue weighted by Gasteiger charge is -2.05. The van der Waals surface area contributed by atoms with Gasteiger partial charge in [-0.2, -0.15) is 0 Å². The highest BCUT2D eigenvalue weighted by Gasteiger charge is 2.14. The molecule has 0 amide bonds. The first-order valence-electron chi connectivity index (χ1n) is 4.47. The van der Waals surface area contributed by atoms with E-state index in [1.807, 2.05) is 4.98 Å². The lowest BCUT2D eigenvalue weighted by atomic mass is 10.1. The van der Waals surface area contributed by atoms with Crippen LogP contribution >= 0.6 is 0 Å². The third-order valence-electron chi connectivity index (χ3n) is 2.12. The van der Waals surface area contributed by atoms with Crippen LogP contribution in [-0.4, -0.2) is 15.1 Å². The van der Waals surface area contributed by atoms with Gasteiger partial charge < -0.3 is 9.52 Å². The van der Waals surface area contributed by atoms with Crippen LogP contribution in [0.1, 0.15) is 18.6 Å². The summed E-state index contributed by atoms with van der Waals surface area (Å²) in [5, 5.41) is 9.38. The maximum Gasteiger partial charge on any atom is 0.337 e. The molecule has 2 heterocycles. The van der Waals surface area contributed by atoms with Crippen LogP contribution in [0.2, 0.25) is 0 Å². The average Bonchev–Trinajstić information content (AvgIpc) is 2.14. The summed E-state index contributed by atoms with van der Waals surface area (Å²) < 4.78 is 4.67. The number of aliphatic hydroxyl groups excluding tert-OH is 1. The molecule has 84 valence electrons. The second kappa shape index (κ2) is 3.46. The summed E-state index contributed by atoms with van der Waals surface area (Å²) in [5.74, 6) is 0. The molecule has 2 aromatic heterocycles. The van der Waals surface area contributed by atoms with Crippen LogP contribution < -0.4 is 16.9 Å². The number of aliphatic hydroxyl groups is 1. The zero-order valence-electron chi connectivity index (χ0n) is 8.23. The second-order valence-electron chi connectivity index (χ2n) is 3.31. The summed E-state index contributed by atoms with van der Waals surface area (Å²) in [7, 11) is 0. The molecule has 0 saturated carbocycles. The zero-order chi connectivity index (χ0) is 11.9. The Morgan fingerprint density at radius 3 is 2.62 bits per heavy atom. The molecule has 1 atom stereocenters. The molecule has 0 aliphatic carbocycles. The van der Waals surface area contributed by atoms with E-state index in [-0.39, 0.29) is 16.7 Å². The van der Waals surface area contributed by atoms with Gasteiger partial charge in [0, 0.05) is 11.6 Å². The molecule has 0 radical (unpaired) electrons. The van der Waals surface area contributed by atoms with Crippen LogP contribution in [0.4, 0.5) is 0 Å². The summed E-state index contributed by atoms with van der Waals surface area (Å²) >= 11 is 0. The largest absolute Gasteiger partial charge is 0.405 e. The molecule has 2 rings (SSSR count). The fourth-order valence-corrected chi connectivity index (χ4v) is 1.46. The minimum Gasteiger partial charge on any atom is -0.405 e. The van der Waals surface area contributed by atoms with Crippen molar-refractivity contribution >= 4 is 11.1 Å². The molecular formula is C9H8N2O5. The third-order valence-corrected chi connectivity index (χ3v) is 2.12. The van der Waals surface area contributed by atoms with Gasteiger partial charge in [-0.3, -0.25) is 14.8 Å². The van der Waals surface area contributed by atoms with E-state index in [1.165, 1.54) is 6.92 Å². The quantitative estimate of drug-likeness (QED) is 0.587. The first kappa shape index (κ1) is 10.4. The predicted molar refractivity (Wildman–Crippen MR) is 54.4 cm³/mol. The number of fused-ring (bicyclic) bond motifs is 1. The second-order valence-corrected chi connectivity index (χ2v) is 3.31. The molecule has 0 bridgehead atoms. The van der Waals surface area contributed by atoms with Gasteiger partial charge in [-0.15, -0.1) is 0 Å². The summed E-state index contributed by atoms with van der Waals surface area (Å²) in [6, 6.07) is 1.01. The fourth-order valence-electron chi connectivity index (χ4n) is 1.46. The lowest BCUT2D eigenvalue weighted by Crippen LogP contribution is -2.24. The first-order valence-corrected chi connectivity index (χ1v) is 4.47. The SMILES string of the molecule is CC(O)c1cc(=O)oc2[nH]c(=O)[nH]c(=O)c12. The molecule has 0 spiro atoms. The number of H-pyrrole nitrogens is 2. The topological polar surface area (TPSA) is 116 Å². The van der Waals surface area contributed by atoms with E-state index in [0.29, 0.717) is 0 Å². The van der Waals surface area contributed by atoms with Crippen molar-refractivity contribution in [3.05, 3.63) is 42.9 Å². The summed E-state index contributed by atoms with van der Waals surface area (Å²) in [6.07, 6.45) is -1.02. The van der Waals surface area contributed by atoms with Crippen molar-refractivity contribution in [1.82, 2.24) is 9.97 Å². The molecule has 16 heavy (non-hydrogen) atoms. The van der Waals surface area contributed by atoms with E-state index in [9.17, 15) is 19.5 Å². The van der Waals surface area contributed by atoms with Crippen LogP contribution in [0.15, 0.2) is 24.9 Å². The van der Waals surface area contributed by atoms with E-state index in [4.69, 9.17) is 0 Å². The lowest BCUT2D eigenvalue weighted by molar-refractivity contribution is 0.200. The van der Waals surface area contributed by atoms with Crippen molar-refractivity contribution in [1.29, 1.82) is 0 Å². The van der Waals surface area contributed by atoms with E-state index in [2.05, 4.69) is 9.40 Å². The van der Waals surface area contributed by atoms with E-state index in [0.717, 1.165) is 6.07 Å². The molecule has 7 nitrogen and oxygen atoms in total. The Bertz CT molecular complexity index is 701. The molecule has 0 aliphatic heterocycles. The van der Waals surface area contributed by atoms with Crippen molar-refractivity contribution in [3.63, 3.8) is 0 Å². The van der Waals surface area contributed by atoms with Crippen molar-refractivity contribution in [2.75, 3.05) is 0 Å². The van der Waals surface area contributed by atoms with Gasteiger partial charge in [-0.1, -0.05) is 0 Å². The molecule has 2 aromatic rings. The van der Waals surface area contributed by atoms with Crippen LogP contribution in [0.5, 0.6) is 0 Å². The average molecular weight is 224 g/mol. The number of hydrogen-bond acceptors (Lipinski definition) is 5. The van der Waals surface area contributed by atoms with Gasteiger partial charge in [0.05, 0.1) is 6.10 Å². The normalized spacial score (nSPS) is 12.9. The Morgan fingerprint density at radius 1 is 1.31 bits per heavy atom. The maximum atomic E-state index is 11.5. The van der Waals surface area contributed by atoms with Gasteiger partial charge in [-0.25, -0.2) is 9.59 Å². The molecule has 0 aromatic carbocycles. The van der Waals surface area contributed by atoms with Crippen LogP contribution in [-0.2, 0) is 0 Å². The van der Waals surface area contributed by atoms with E-state index in [1.54, 1.807) is 0 Å². The molecule has 7 heteroatoms. The first-order chi connectivity index (χ1) is 7.49. The number of aromatic amines is 2. The summed E-state index contributed by atoms with van der Waals surface area (Å²) in [5.41, 5.74) is -2.35. The predicted octanol–water partition coefficient (Wildman–Crippen LogP) is -0.777. The Balaban J connectivity index is 3.08. The molecule has 0 aliphatic rings. The van der Waals surface area contributed by atoms with Crippen LogP contribution in [0, 0.1) is 0 Å². The fraction of sp³-hybridized carbons (Fsp3) is 0.222. The minimum absolute atomic E-state index is 0.0331. The highest BCUT2D eigenvalue weighted by Crippen LogP contribution is 2.16. The number of rotatable bonds is 1.